The number of rotatable bonds is 8. The SMILES string of the molecule is CCOC(=O)C1=C(C)N=c2s/c(=C\c3cn(-c4ccccc4)nc3-c3cccc([N+](=O)[O-])c3)c(=O)n2[C@@H]1c1ccc(OC)cc1. The third kappa shape index (κ3) is 5.58. The first kappa shape index (κ1) is 29.5. The van der Waals surface area contributed by atoms with E-state index in [1.165, 1.54) is 28.0 Å². The van der Waals surface area contributed by atoms with Crippen LogP contribution in [0.15, 0.2) is 106 Å². The maximum Gasteiger partial charge on any atom is 0.338 e. The molecule has 1 atom stereocenters. The largest absolute Gasteiger partial charge is 0.497 e. The Bertz CT molecular complexity index is 2150. The number of ether oxygens (including phenoxy) is 2. The second-order valence-electron chi connectivity index (χ2n) is 10.1. The van der Waals surface area contributed by atoms with Crippen molar-refractivity contribution >= 4 is 29.1 Å². The lowest BCUT2D eigenvalue weighted by atomic mass is 9.96. The number of thiazole rings is 1. The zero-order valence-electron chi connectivity index (χ0n) is 24.5. The molecule has 0 bridgehead atoms. The van der Waals surface area contributed by atoms with Crippen molar-refractivity contribution in [3.63, 3.8) is 0 Å². The zero-order valence-corrected chi connectivity index (χ0v) is 25.4. The topological polar surface area (TPSA) is 131 Å². The average Bonchev–Trinajstić information content (AvgIpc) is 3.61. The molecule has 12 heteroatoms. The fourth-order valence-corrected chi connectivity index (χ4v) is 6.27. The van der Waals surface area contributed by atoms with Crippen LogP contribution in [0.3, 0.4) is 0 Å². The van der Waals surface area contributed by atoms with Gasteiger partial charge < -0.3 is 9.47 Å². The van der Waals surface area contributed by atoms with Crippen molar-refractivity contribution in [2.45, 2.75) is 19.9 Å². The number of carbonyl (C=O) groups excluding carboxylic acids is 1. The summed E-state index contributed by atoms with van der Waals surface area (Å²) in [5, 5.41) is 16.3. The minimum atomic E-state index is -0.781. The van der Waals surface area contributed by atoms with Crippen LogP contribution in [0.5, 0.6) is 5.75 Å². The van der Waals surface area contributed by atoms with Gasteiger partial charge in [0, 0.05) is 29.5 Å². The zero-order chi connectivity index (χ0) is 31.7. The van der Waals surface area contributed by atoms with Crippen molar-refractivity contribution in [2.75, 3.05) is 13.7 Å². The third-order valence-corrected chi connectivity index (χ3v) is 8.31. The Balaban J connectivity index is 1.56. The number of aromatic nitrogens is 3. The van der Waals surface area contributed by atoms with E-state index in [1.807, 2.05) is 42.5 Å². The Morgan fingerprint density at radius 2 is 1.84 bits per heavy atom. The van der Waals surface area contributed by atoms with Crippen LogP contribution in [0.4, 0.5) is 5.69 Å². The Morgan fingerprint density at radius 3 is 2.53 bits per heavy atom. The minimum Gasteiger partial charge on any atom is -0.497 e. The first-order chi connectivity index (χ1) is 21.8. The van der Waals surface area contributed by atoms with Crippen molar-refractivity contribution in [3.8, 4) is 22.7 Å². The highest BCUT2D eigenvalue weighted by Gasteiger charge is 2.33. The molecule has 1 aliphatic heterocycles. The molecule has 0 radical (unpaired) electrons. The summed E-state index contributed by atoms with van der Waals surface area (Å²) < 4.78 is 14.2. The molecule has 0 N–H and O–H groups in total. The van der Waals surface area contributed by atoms with Crippen LogP contribution < -0.4 is 19.6 Å². The molecule has 2 aromatic heterocycles. The van der Waals surface area contributed by atoms with E-state index in [4.69, 9.17) is 14.6 Å². The fourth-order valence-electron chi connectivity index (χ4n) is 5.23. The van der Waals surface area contributed by atoms with E-state index in [0.29, 0.717) is 43.2 Å². The summed E-state index contributed by atoms with van der Waals surface area (Å²) in [7, 11) is 1.56. The Labute approximate surface area is 260 Å². The predicted molar refractivity (Wildman–Crippen MR) is 169 cm³/mol. The van der Waals surface area contributed by atoms with Gasteiger partial charge in [-0.25, -0.2) is 14.5 Å². The monoisotopic (exact) mass is 621 g/mol. The number of para-hydroxylation sites is 1. The molecular formula is C33H27N5O6S. The number of carbonyl (C=O) groups is 1. The lowest BCUT2D eigenvalue weighted by Crippen LogP contribution is -2.39. The maximum absolute atomic E-state index is 14.2. The number of allylic oxidation sites excluding steroid dienone is 1. The lowest BCUT2D eigenvalue weighted by Gasteiger charge is -2.24. The van der Waals surface area contributed by atoms with Gasteiger partial charge in [0.2, 0.25) is 0 Å². The molecule has 0 saturated heterocycles. The van der Waals surface area contributed by atoms with Gasteiger partial charge in [-0.3, -0.25) is 19.5 Å². The van der Waals surface area contributed by atoms with E-state index < -0.39 is 16.9 Å². The average molecular weight is 622 g/mol. The van der Waals surface area contributed by atoms with Gasteiger partial charge in [-0.2, -0.15) is 5.10 Å². The van der Waals surface area contributed by atoms with E-state index >= 15 is 0 Å². The summed E-state index contributed by atoms with van der Waals surface area (Å²) in [5.41, 5.74) is 3.32. The first-order valence-corrected chi connectivity index (χ1v) is 14.8. The summed E-state index contributed by atoms with van der Waals surface area (Å²) in [6.07, 6.45) is 3.48. The van der Waals surface area contributed by atoms with E-state index in [2.05, 4.69) is 4.99 Å². The number of hydrogen-bond acceptors (Lipinski definition) is 9. The Hall–Kier alpha value is -5.62. The van der Waals surface area contributed by atoms with Gasteiger partial charge in [-0.15, -0.1) is 0 Å². The van der Waals surface area contributed by atoms with Gasteiger partial charge in [0.15, 0.2) is 4.80 Å². The molecule has 11 nitrogen and oxygen atoms in total. The molecule has 0 fully saturated rings. The molecule has 3 heterocycles. The highest BCUT2D eigenvalue weighted by Crippen LogP contribution is 2.32. The number of nitro groups is 1. The molecule has 5 aromatic rings. The van der Waals surface area contributed by atoms with Gasteiger partial charge in [0.1, 0.15) is 11.4 Å². The van der Waals surface area contributed by atoms with Crippen LogP contribution in [0, 0.1) is 10.1 Å². The first-order valence-electron chi connectivity index (χ1n) is 14.0. The number of nitrogens with zero attached hydrogens (tertiary/aromatic N) is 5. The summed E-state index contributed by atoms with van der Waals surface area (Å²) in [6, 6.07) is 22.0. The molecule has 0 aliphatic carbocycles. The van der Waals surface area contributed by atoms with Crippen LogP contribution in [0.2, 0.25) is 0 Å². The summed E-state index contributed by atoms with van der Waals surface area (Å²) in [6.45, 7) is 3.62. The van der Waals surface area contributed by atoms with Crippen LogP contribution in [-0.2, 0) is 9.53 Å². The fraction of sp³-hybridized carbons (Fsp3) is 0.152. The third-order valence-electron chi connectivity index (χ3n) is 7.33. The standard InChI is InChI=1S/C33H27N5O6S/c1-4-44-32(40)28-20(2)34-33-37(30(28)21-13-15-26(43-3)16-14-21)31(39)27(45-33)18-23-19-36(24-10-6-5-7-11-24)35-29(23)22-9-8-12-25(17-22)38(41)42/h5-19,30H,4H2,1-3H3/b27-18-/t30-/m1/s1. The smallest absolute Gasteiger partial charge is 0.338 e. The molecule has 6 rings (SSSR count). The van der Waals surface area contributed by atoms with E-state index in [9.17, 15) is 19.7 Å². The predicted octanol–water partition coefficient (Wildman–Crippen LogP) is 4.57. The van der Waals surface area contributed by atoms with Crippen molar-refractivity contribution in [1.29, 1.82) is 0 Å². The molecule has 45 heavy (non-hydrogen) atoms. The summed E-state index contributed by atoms with van der Waals surface area (Å²) >= 11 is 1.18. The number of esters is 1. The molecule has 0 spiro atoms. The lowest BCUT2D eigenvalue weighted by molar-refractivity contribution is -0.384. The molecule has 226 valence electrons. The second kappa shape index (κ2) is 12.2. The summed E-state index contributed by atoms with van der Waals surface area (Å²) in [4.78, 5) is 43.6. The summed E-state index contributed by atoms with van der Waals surface area (Å²) in [5.74, 6) is 0.0830. The van der Waals surface area contributed by atoms with Gasteiger partial charge >= 0.3 is 5.97 Å². The minimum absolute atomic E-state index is 0.0754. The molecule has 3 aromatic carbocycles. The van der Waals surface area contributed by atoms with Crippen molar-refractivity contribution in [3.05, 3.63) is 137 Å². The van der Waals surface area contributed by atoms with Crippen LogP contribution in [0.1, 0.15) is 31.0 Å². The number of methoxy groups -OCH3 is 1. The quantitative estimate of drug-likeness (QED) is 0.141. The van der Waals surface area contributed by atoms with E-state index in [1.54, 1.807) is 62.2 Å². The normalized spacial score (nSPS) is 14.6. The molecule has 0 saturated carbocycles. The second-order valence-corrected chi connectivity index (χ2v) is 11.1. The van der Waals surface area contributed by atoms with Gasteiger partial charge in [0.25, 0.3) is 11.2 Å². The van der Waals surface area contributed by atoms with E-state index in [-0.39, 0.29) is 23.4 Å². The number of fused-ring (bicyclic) bond motifs is 1. The van der Waals surface area contributed by atoms with Gasteiger partial charge in [0.05, 0.1) is 46.2 Å². The Morgan fingerprint density at radius 1 is 1.09 bits per heavy atom. The Kier molecular flexibility index (Phi) is 7.97. The number of benzene rings is 3. The van der Waals surface area contributed by atoms with Crippen LogP contribution in [0.25, 0.3) is 23.0 Å². The number of hydrogen-bond donors (Lipinski definition) is 0. The molecular weight excluding hydrogens is 594 g/mol. The highest BCUT2D eigenvalue weighted by atomic mass is 32.1. The van der Waals surface area contributed by atoms with Crippen molar-refractivity contribution in [1.82, 2.24) is 14.3 Å². The van der Waals surface area contributed by atoms with Crippen molar-refractivity contribution in [2.24, 2.45) is 4.99 Å². The van der Waals surface area contributed by atoms with Crippen LogP contribution in [-0.4, -0.2) is 39.0 Å². The molecule has 1 aliphatic rings. The molecule has 0 amide bonds. The number of nitro benzene ring substituents is 1. The van der Waals surface area contributed by atoms with Gasteiger partial charge in [-0.05, 0) is 49.8 Å². The van der Waals surface area contributed by atoms with E-state index in [0.717, 1.165) is 5.69 Å². The van der Waals surface area contributed by atoms with Gasteiger partial charge in [-0.1, -0.05) is 53.8 Å². The number of non-ortho nitro benzene ring substituents is 1. The molecule has 0 unspecified atom stereocenters. The van der Waals surface area contributed by atoms with Crippen molar-refractivity contribution < 1.29 is 19.2 Å². The highest BCUT2D eigenvalue weighted by molar-refractivity contribution is 7.07. The maximum atomic E-state index is 14.2. The van der Waals surface area contributed by atoms with Crippen LogP contribution >= 0.6 is 11.3 Å².